The molecule has 0 amide bonds. The molecule has 0 aliphatic carbocycles. The molecule has 0 N–H and O–H groups in total. The monoisotopic (exact) mass is 442 g/mol. The van der Waals surface area contributed by atoms with E-state index in [0.717, 1.165) is 18.4 Å². The number of rotatable bonds is 12. The van der Waals surface area contributed by atoms with Crippen molar-refractivity contribution in [3.8, 4) is 0 Å². The summed E-state index contributed by atoms with van der Waals surface area (Å²) in [6, 6.07) is 0. The standard InChI is InChI=1S/C27H33F3.C2H4/c1-11-18(4)12-13-19(5)22(8)16-25(28)23(9)20(6)14-15-21(7)24(10)27(30)26(29)17(2)3;1-2/h13-16,18H,2,6-12H2,1,3-5H3;1-2H2/b15-14-,19-13+,25-16+,27-26-;. The van der Waals surface area contributed by atoms with Crippen molar-refractivity contribution in [2.24, 2.45) is 5.92 Å². The van der Waals surface area contributed by atoms with Gasteiger partial charge in [-0.3, -0.25) is 0 Å². The van der Waals surface area contributed by atoms with Crippen molar-refractivity contribution < 1.29 is 13.2 Å². The van der Waals surface area contributed by atoms with E-state index in [1.165, 1.54) is 25.2 Å². The van der Waals surface area contributed by atoms with E-state index >= 15 is 0 Å². The van der Waals surface area contributed by atoms with Crippen molar-refractivity contribution in [2.45, 2.75) is 40.5 Å². The zero-order valence-corrected chi connectivity index (χ0v) is 20.1. The van der Waals surface area contributed by atoms with E-state index in [4.69, 9.17) is 0 Å². The van der Waals surface area contributed by atoms with Crippen LogP contribution in [0.3, 0.4) is 0 Å². The molecule has 3 heteroatoms. The molecule has 1 atom stereocenters. The molecule has 0 heterocycles. The zero-order chi connectivity index (χ0) is 25.6. The predicted molar refractivity (Wildman–Crippen MR) is 137 cm³/mol. The second-order valence-electron chi connectivity index (χ2n) is 7.40. The van der Waals surface area contributed by atoms with Crippen LogP contribution in [0.4, 0.5) is 13.2 Å². The lowest BCUT2D eigenvalue weighted by Crippen LogP contribution is -1.92. The van der Waals surface area contributed by atoms with Crippen LogP contribution < -0.4 is 0 Å². The molecule has 32 heavy (non-hydrogen) atoms. The molecule has 1 unspecified atom stereocenters. The van der Waals surface area contributed by atoms with E-state index in [0.29, 0.717) is 11.5 Å². The third-order valence-electron chi connectivity index (χ3n) is 4.71. The Labute approximate surface area is 193 Å². The van der Waals surface area contributed by atoms with Gasteiger partial charge < -0.3 is 0 Å². The molecule has 174 valence electrons. The summed E-state index contributed by atoms with van der Waals surface area (Å²) in [5.74, 6) is -2.24. The van der Waals surface area contributed by atoms with Gasteiger partial charge in [-0.15, -0.1) is 13.2 Å². The SMILES string of the molecule is C=C.C=C(/C=C\C(=C)C(=C)/C(F)=C\C(=C)/C(C)=C/CC(C)CC)C(=C)/C(F)=C(/F)C(=C)C. The fraction of sp³-hybridized carbons (Fsp3) is 0.241. The molecular formula is C29H37F3. The number of hydrogen-bond donors (Lipinski definition) is 0. The maximum atomic E-state index is 14.5. The summed E-state index contributed by atoms with van der Waals surface area (Å²) in [6.45, 7) is 35.4. The Hall–Kier alpha value is -3.07. The highest BCUT2D eigenvalue weighted by Gasteiger charge is 2.12. The summed E-state index contributed by atoms with van der Waals surface area (Å²) in [7, 11) is 0. The Morgan fingerprint density at radius 3 is 1.69 bits per heavy atom. The van der Waals surface area contributed by atoms with E-state index in [2.05, 4.69) is 66.5 Å². The van der Waals surface area contributed by atoms with Gasteiger partial charge >= 0.3 is 0 Å². The molecular weight excluding hydrogens is 405 g/mol. The Balaban J connectivity index is 0. The number of hydrogen-bond acceptors (Lipinski definition) is 0. The van der Waals surface area contributed by atoms with Gasteiger partial charge in [0.1, 0.15) is 5.83 Å². The third-order valence-corrected chi connectivity index (χ3v) is 4.71. The first-order valence-corrected chi connectivity index (χ1v) is 10.2. The predicted octanol–water partition coefficient (Wildman–Crippen LogP) is 10.1. The van der Waals surface area contributed by atoms with Crippen LogP contribution in [0, 0.1) is 5.92 Å². The third kappa shape index (κ3) is 10.8. The normalized spacial score (nSPS) is 13.5. The van der Waals surface area contributed by atoms with E-state index in [1.807, 2.05) is 13.0 Å². The molecule has 0 radical (unpaired) electrons. The summed E-state index contributed by atoms with van der Waals surface area (Å²) in [4.78, 5) is 0. The van der Waals surface area contributed by atoms with Crippen LogP contribution in [0.1, 0.15) is 40.5 Å². The van der Waals surface area contributed by atoms with Gasteiger partial charge in [0.2, 0.25) is 0 Å². The first-order chi connectivity index (χ1) is 14.8. The zero-order valence-electron chi connectivity index (χ0n) is 20.1. The molecule has 0 aliphatic rings. The molecule has 0 aromatic heterocycles. The highest BCUT2D eigenvalue weighted by Crippen LogP contribution is 2.27. The molecule has 0 aromatic carbocycles. The summed E-state index contributed by atoms with van der Waals surface area (Å²) in [6.07, 6.45) is 8.11. The molecule has 0 saturated carbocycles. The Kier molecular flexibility index (Phi) is 15.3. The minimum absolute atomic E-state index is 0.0517. The average molecular weight is 443 g/mol. The maximum absolute atomic E-state index is 14.5. The first-order valence-electron chi connectivity index (χ1n) is 10.2. The van der Waals surface area contributed by atoms with Crippen LogP contribution in [0.2, 0.25) is 0 Å². The number of halogens is 3. The van der Waals surface area contributed by atoms with Gasteiger partial charge in [0.25, 0.3) is 0 Å². The minimum Gasteiger partial charge on any atom is -0.206 e. The van der Waals surface area contributed by atoms with Crippen molar-refractivity contribution in [2.75, 3.05) is 0 Å². The van der Waals surface area contributed by atoms with Crippen LogP contribution in [-0.4, -0.2) is 0 Å². The van der Waals surface area contributed by atoms with Crippen LogP contribution >= 0.6 is 0 Å². The first kappa shape index (κ1) is 31.1. The number of allylic oxidation sites excluding steroid dienone is 14. The highest BCUT2D eigenvalue weighted by molar-refractivity contribution is 5.54. The summed E-state index contributed by atoms with van der Waals surface area (Å²) >= 11 is 0. The smallest absolute Gasteiger partial charge is 0.166 e. The van der Waals surface area contributed by atoms with Crippen LogP contribution in [0.25, 0.3) is 0 Å². The van der Waals surface area contributed by atoms with Gasteiger partial charge in [-0.25, -0.2) is 13.2 Å². The molecule has 0 aliphatic heterocycles. The van der Waals surface area contributed by atoms with Crippen molar-refractivity contribution in [1.82, 2.24) is 0 Å². The lowest BCUT2D eigenvalue weighted by Gasteiger charge is -2.08. The van der Waals surface area contributed by atoms with Crippen molar-refractivity contribution in [3.63, 3.8) is 0 Å². The van der Waals surface area contributed by atoms with Crippen molar-refractivity contribution >= 4 is 0 Å². The minimum atomic E-state index is -1.14. The van der Waals surface area contributed by atoms with E-state index in [9.17, 15) is 13.2 Å². The molecule has 0 nitrogen and oxygen atoms in total. The average Bonchev–Trinajstić information content (AvgIpc) is 2.79. The van der Waals surface area contributed by atoms with Gasteiger partial charge in [0.05, 0.1) is 0 Å². The Morgan fingerprint density at radius 2 is 1.25 bits per heavy atom. The second kappa shape index (κ2) is 15.7. The van der Waals surface area contributed by atoms with Crippen LogP contribution in [0.15, 0.2) is 133 Å². The van der Waals surface area contributed by atoms with Gasteiger partial charge in [0.15, 0.2) is 11.7 Å². The lowest BCUT2D eigenvalue weighted by molar-refractivity contribution is 0.558. The van der Waals surface area contributed by atoms with E-state index in [-0.39, 0.29) is 27.9 Å². The fourth-order valence-corrected chi connectivity index (χ4v) is 2.05. The second-order valence-corrected chi connectivity index (χ2v) is 7.40. The van der Waals surface area contributed by atoms with Gasteiger partial charge in [-0.05, 0) is 60.1 Å². The maximum Gasteiger partial charge on any atom is 0.166 e. The molecule has 0 fully saturated rings. The summed E-state index contributed by atoms with van der Waals surface area (Å²) in [5.41, 5.74) is 1.61. The van der Waals surface area contributed by atoms with Gasteiger partial charge in [0, 0.05) is 11.1 Å². The highest BCUT2D eigenvalue weighted by atomic mass is 19.2. The fourth-order valence-electron chi connectivity index (χ4n) is 2.05. The lowest BCUT2D eigenvalue weighted by atomic mass is 9.99. The van der Waals surface area contributed by atoms with Crippen LogP contribution in [-0.2, 0) is 0 Å². The van der Waals surface area contributed by atoms with Crippen molar-refractivity contribution in [3.05, 3.63) is 133 Å². The molecule has 0 rings (SSSR count). The summed E-state index contributed by atoms with van der Waals surface area (Å²) in [5, 5.41) is 0. The Morgan fingerprint density at radius 1 is 0.781 bits per heavy atom. The molecule has 0 saturated heterocycles. The molecule has 0 aromatic rings. The topological polar surface area (TPSA) is 0 Å². The Bertz CT molecular complexity index is 885. The van der Waals surface area contributed by atoms with Crippen LogP contribution in [0.5, 0.6) is 0 Å². The molecule has 0 bridgehead atoms. The van der Waals surface area contributed by atoms with E-state index < -0.39 is 17.5 Å². The summed E-state index contributed by atoms with van der Waals surface area (Å²) < 4.78 is 42.2. The quantitative estimate of drug-likeness (QED) is 0.208. The van der Waals surface area contributed by atoms with E-state index in [1.54, 1.807) is 0 Å². The van der Waals surface area contributed by atoms with Gasteiger partial charge in [-0.1, -0.05) is 78.0 Å². The molecule has 0 spiro atoms. The largest absolute Gasteiger partial charge is 0.206 e. The van der Waals surface area contributed by atoms with Crippen molar-refractivity contribution in [1.29, 1.82) is 0 Å². The van der Waals surface area contributed by atoms with Gasteiger partial charge in [-0.2, -0.15) is 0 Å².